The monoisotopic (exact) mass is 326 g/mol. The second-order valence-electron chi connectivity index (χ2n) is 7.95. The van der Waals surface area contributed by atoms with E-state index in [-0.39, 0.29) is 0 Å². The Bertz CT molecular complexity index is 507. The number of hydrogen-bond acceptors (Lipinski definition) is 1. The molecule has 0 heterocycles. The van der Waals surface area contributed by atoms with Gasteiger partial charge in [0.2, 0.25) is 0 Å². The molecule has 0 N–H and O–H groups in total. The Morgan fingerprint density at radius 1 is 0.958 bits per heavy atom. The van der Waals surface area contributed by atoms with Gasteiger partial charge in [-0.1, -0.05) is 50.5 Å². The molecule has 0 saturated heterocycles. The number of benzene rings is 1. The molecule has 0 spiro atoms. The molecule has 0 radical (unpaired) electrons. The summed E-state index contributed by atoms with van der Waals surface area (Å²) in [5.74, 6) is 4.46. The van der Waals surface area contributed by atoms with Gasteiger partial charge in [-0.15, -0.1) is 0 Å². The van der Waals surface area contributed by atoms with Crippen LogP contribution < -0.4 is 4.74 Å². The van der Waals surface area contributed by atoms with E-state index >= 15 is 0 Å². The fourth-order valence-electron chi connectivity index (χ4n) is 4.88. The first-order valence-electron chi connectivity index (χ1n) is 10.1. The van der Waals surface area contributed by atoms with Crippen LogP contribution in [0.15, 0.2) is 36.4 Å². The van der Waals surface area contributed by atoms with Crippen molar-refractivity contribution in [2.45, 2.75) is 70.6 Å². The summed E-state index contributed by atoms with van der Waals surface area (Å²) < 4.78 is 5.36. The Balaban J connectivity index is 1.73. The first kappa shape index (κ1) is 17.6. The quantitative estimate of drug-likeness (QED) is 0.526. The molecule has 24 heavy (non-hydrogen) atoms. The summed E-state index contributed by atoms with van der Waals surface area (Å²) in [7, 11) is 1.76. The summed E-state index contributed by atoms with van der Waals surface area (Å²) in [4.78, 5) is 0. The van der Waals surface area contributed by atoms with Gasteiger partial charge in [-0.25, -0.2) is 0 Å². The molecule has 3 rings (SSSR count). The van der Waals surface area contributed by atoms with Crippen molar-refractivity contribution in [3.05, 3.63) is 42.0 Å². The predicted molar refractivity (Wildman–Crippen MR) is 103 cm³/mol. The highest BCUT2D eigenvalue weighted by Gasteiger charge is 2.30. The fraction of sp³-hybridized carbons (Fsp3) is 0.652. The third kappa shape index (κ3) is 4.43. The number of rotatable bonds is 6. The summed E-state index contributed by atoms with van der Waals surface area (Å²) in [6.07, 6.45) is 17.2. The normalized spacial score (nSPS) is 28.5. The molecule has 1 nitrogen and oxygen atoms in total. The van der Waals surface area contributed by atoms with E-state index in [2.05, 4.69) is 43.3 Å². The Morgan fingerprint density at radius 3 is 2.29 bits per heavy atom. The molecule has 1 aromatic carbocycles. The van der Waals surface area contributed by atoms with E-state index in [0.29, 0.717) is 0 Å². The van der Waals surface area contributed by atoms with Gasteiger partial charge in [-0.2, -0.15) is 0 Å². The van der Waals surface area contributed by atoms with Crippen LogP contribution in [-0.2, 0) is 0 Å². The van der Waals surface area contributed by atoms with Gasteiger partial charge in [0.05, 0.1) is 7.11 Å². The van der Waals surface area contributed by atoms with E-state index in [4.69, 9.17) is 4.74 Å². The summed E-state index contributed by atoms with van der Waals surface area (Å²) >= 11 is 0. The Hall–Kier alpha value is -1.24. The van der Waals surface area contributed by atoms with Crippen LogP contribution in [0, 0.1) is 17.8 Å². The van der Waals surface area contributed by atoms with Gasteiger partial charge in [-0.3, -0.25) is 0 Å². The number of allylic oxidation sites excluding steroid dienone is 2. The van der Waals surface area contributed by atoms with E-state index in [9.17, 15) is 0 Å². The van der Waals surface area contributed by atoms with E-state index in [1.165, 1.54) is 57.8 Å². The lowest BCUT2D eigenvalue weighted by Crippen LogP contribution is -2.23. The van der Waals surface area contributed by atoms with Crippen LogP contribution in [0.4, 0.5) is 0 Å². The summed E-state index contributed by atoms with van der Waals surface area (Å²) in [5, 5.41) is 0. The molecule has 1 heteroatoms. The van der Waals surface area contributed by atoms with Crippen molar-refractivity contribution >= 4 is 0 Å². The summed E-state index contributed by atoms with van der Waals surface area (Å²) in [6.45, 7) is 2.36. The third-order valence-corrected chi connectivity index (χ3v) is 6.55. The minimum Gasteiger partial charge on any atom is -0.497 e. The van der Waals surface area contributed by atoms with Crippen LogP contribution >= 0.6 is 0 Å². The molecular formula is C23H34O. The second kappa shape index (κ2) is 8.74. The lowest BCUT2D eigenvalue weighted by molar-refractivity contribution is 0.215. The van der Waals surface area contributed by atoms with Crippen LogP contribution in [0.3, 0.4) is 0 Å². The molecule has 0 aliphatic heterocycles. The highest BCUT2D eigenvalue weighted by atomic mass is 16.5. The largest absolute Gasteiger partial charge is 0.497 e. The Kier molecular flexibility index (Phi) is 6.40. The van der Waals surface area contributed by atoms with Crippen molar-refractivity contribution in [1.82, 2.24) is 0 Å². The lowest BCUT2D eigenvalue weighted by atomic mass is 9.69. The lowest BCUT2D eigenvalue weighted by Gasteiger charge is -2.36. The minimum absolute atomic E-state index is 0.741. The fourth-order valence-corrected chi connectivity index (χ4v) is 4.88. The zero-order chi connectivity index (χ0) is 16.8. The maximum atomic E-state index is 5.36. The van der Waals surface area contributed by atoms with Crippen molar-refractivity contribution in [3.63, 3.8) is 0 Å². The van der Waals surface area contributed by atoms with Crippen LogP contribution in [0.1, 0.15) is 76.2 Å². The first-order chi connectivity index (χ1) is 11.8. The maximum absolute atomic E-state index is 5.36. The Morgan fingerprint density at radius 2 is 1.71 bits per heavy atom. The predicted octanol–water partition coefficient (Wildman–Crippen LogP) is 6.74. The zero-order valence-corrected chi connectivity index (χ0v) is 15.5. The number of hydrogen-bond donors (Lipinski definition) is 0. The highest BCUT2D eigenvalue weighted by molar-refractivity contribution is 5.30. The van der Waals surface area contributed by atoms with Gasteiger partial charge in [0.25, 0.3) is 0 Å². The van der Waals surface area contributed by atoms with Crippen LogP contribution in [-0.4, -0.2) is 7.11 Å². The molecule has 2 aliphatic rings. The van der Waals surface area contributed by atoms with Crippen molar-refractivity contribution in [1.29, 1.82) is 0 Å². The van der Waals surface area contributed by atoms with Crippen LogP contribution in [0.25, 0.3) is 0 Å². The molecule has 1 fully saturated rings. The number of methoxy groups -OCH3 is 1. The summed E-state index contributed by atoms with van der Waals surface area (Å²) in [6, 6.07) is 8.96. The van der Waals surface area contributed by atoms with Crippen molar-refractivity contribution in [2.75, 3.05) is 7.11 Å². The minimum atomic E-state index is 0.741. The Labute approximate surface area is 148 Å². The molecule has 132 valence electrons. The smallest absolute Gasteiger partial charge is 0.118 e. The molecular weight excluding hydrogens is 292 g/mol. The van der Waals surface area contributed by atoms with Crippen LogP contribution in [0.2, 0.25) is 0 Å². The maximum Gasteiger partial charge on any atom is 0.118 e. The van der Waals surface area contributed by atoms with Gasteiger partial charge >= 0.3 is 0 Å². The van der Waals surface area contributed by atoms with E-state index in [0.717, 1.165) is 29.4 Å². The molecule has 2 aliphatic carbocycles. The van der Waals surface area contributed by atoms with Gasteiger partial charge in [-0.05, 0) is 79.9 Å². The standard InChI is InChI=1S/C23H34O/c1-3-18-9-11-20(12-10-18)23(17-19-7-5-4-6-8-19)21-13-15-22(24-2)16-14-21/h4-5,13-16,18-20,23H,3,6-12,17H2,1-2H3. The first-order valence-corrected chi connectivity index (χ1v) is 10.1. The van der Waals surface area contributed by atoms with Crippen molar-refractivity contribution in [2.24, 2.45) is 17.8 Å². The average molecular weight is 327 g/mol. The SMILES string of the molecule is CCC1CCC(C(CC2CC=CCC2)c2ccc(OC)cc2)CC1. The van der Waals surface area contributed by atoms with Gasteiger partial charge in [0.1, 0.15) is 5.75 Å². The van der Waals surface area contributed by atoms with Gasteiger partial charge in [0, 0.05) is 0 Å². The molecule has 2 unspecified atom stereocenters. The zero-order valence-electron chi connectivity index (χ0n) is 15.5. The molecule has 2 atom stereocenters. The topological polar surface area (TPSA) is 9.23 Å². The average Bonchev–Trinajstić information content (AvgIpc) is 2.67. The molecule has 0 aromatic heterocycles. The summed E-state index contributed by atoms with van der Waals surface area (Å²) in [5.41, 5.74) is 1.55. The molecule has 1 aromatic rings. The van der Waals surface area contributed by atoms with Gasteiger partial charge < -0.3 is 4.74 Å². The van der Waals surface area contributed by atoms with E-state index < -0.39 is 0 Å². The second-order valence-corrected chi connectivity index (χ2v) is 7.95. The van der Waals surface area contributed by atoms with E-state index in [1.54, 1.807) is 12.7 Å². The van der Waals surface area contributed by atoms with Gasteiger partial charge in [0.15, 0.2) is 0 Å². The van der Waals surface area contributed by atoms with E-state index in [1.807, 2.05) is 0 Å². The highest BCUT2D eigenvalue weighted by Crippen LogP contribution is 2.43. The number of ether oxygens (including phenoxy) is 1. The van der Waals surface area contributed by atoms with Crippen molar-refractivity contribution in [3.8, 4) is 5.75 Å². The molecule has 0 amide bonds. The molecule has 1 saturated carbocycles. The molecule has 0 bridgehead atoms. The van der Waals surface area contributed by atoms with Crippen molar-refractivity contribution < 1.29 is 4.74 Å². The van der Waals surface area contributed by atoms with Crippen LogP contribution in [0.5, 0.6) is 5.75 Å². The third-order valence-electron chi connectivity index (χ3n) is 6.55.